The number of aromatic nitrogens is 2. The number of carboxylic acids is 1. The Kier molecular flexibility index (Phi) is 4.29. The number of nitrogens with zero attached hydrogens (tertiary/aromatic N) is 2. The average molecular weight is 350 g/mol. The van der Waals surface area contributed by atoms with Gasteiger partial charge in [0.2, 0.25) is 0 Å². The monoisotopic (exact) mass is 349 g/mol. The number of rotatable bonds is 4. The number of aliphatic carboxylic acids is 1. The molecule has 0 aliphatic carbocycles. The van der Waals surface area contributed by atoms with Crippen LogP contribution in [0.15, 0.2) is 30.3 Å². The topological polar surface area (TPSA) is 93.5 Å². The average Bonchev–Trinajstić information content (AvgIpc) is 3.15. The van der Waals surface area contributed by atoms with E-state index >= 15 is 0 Å². The second kappa shape index (κ2) is 6.26. The van der Waals surface area contributed by atoms with Gasteiger partial charge in [0.25, 0.3) is 5.91 Å². The first kappa shape index (κ1) is 16.5. The lowest BCUT2D eigenvalue weighted by molar-refractivity contribution is -0.144. The summed E-state index contributed by atoms with van der Waals surface area (Å²) in [5, 5.41) is 16.8. The molecule has 0 saturated carbocycles. The van der Waals surface area contributed by atoms with Gasteiger partial charge >= 0.3 is 5.97 Å². The van der Waals surface area contributed by atoms with E-state index in [1.165, 1.54) is 0 Å². The highest BCUT2D eigenvalue weighted by atomic mass is 35.5. The maximum absolute atomic E-state index is 12.4. The zero-order valence-corrected chi connectivity index (χ0v) is 13.7. The number of hydrogen-bond acceptors (Lipinski definition) is 4. The van der Waals surface area contributed by atoms with Crippen LogP contribution in [0.3, 0.4) is 0 Å². The fourth-order valence-corrected chi connectivity index (χ4v) is 2.81. The van der Waals surface area contributed by atoms with Crippen molar-refractivity contribution in [3.8, 4) is 5.69 Å². The Balaban J connectivity index is 1.87. The minimum atomic E-state index is -1.40. The van der Waals surface area contributed by atoms with Crippen molar-refractivity contribution in [1.29, 1.82) is 0 Å². The SMILES string of the molecule is Cc1cc(C(=O)NC2(C(=O)O)CCOC2)nn1-c1cccc(Cl)c1. The zero-order chi connectivity index (χ0) is 17.3. The Morgan fingerprint density at radius 1 is 1.42 bits per heavy atom. The van der Waals surface area contributed by atoms with Gasteiger partial charge < -0.3 is 15.2 Å². The summed E-state index contributed by atoms with van der Waals surface area (Å²) in [6.07, 6.45) is 0.224. The largest absolute Gasteiger partial charge is 0.479 e. The van der Waals surface area contributed by atoms with E-state index in [-0.39, 0.29) is 18.7 Å². The minimum Gasteiger partial charge on any atom is -0.479 e. The number of hydrogen-bond donors (Lipinski definition) is 2. The third-order valence-corrected chi connectivity index (χ3v) is 4.19. The van der Waals surface area contributed by atoms with Crippen LogP contribution in [0.4, 0.5) is 0 Å². The van der Waals surface area contributed by atoms with E-state index < -0.39 is 17.4 Å². The Labute approximate surface area is 143 Å². The summed E-state index contributed by atoms with van der Waals surface area (Å²) in [5.41, 5.74) is 0.191. The molecule has 1 aliphatic rings. The Morgan fingerprint density at radius 3 is 2.83 bits per heavy atom. The molecule has 1 fully saturated rings. The number of ether oxygens (including phenoxy) is 1. The fourth-order valence-electron chi connectivity index (χ4n) is 2.62. The zero-order valence-electron chi connectivity index (χ0n) is 13.0. The number of carbonyl (C=O) groups is 2. The van der Waals surface area contributed by atoms with Crippen molar-refractivity contribution in [1.82, 2.24) is 15.1 Å². The second-order valence-corrected chi connectivity index (χ2v) is 6.14. The molecule has 1 aliphatic heterocycles. The molecule has 0 spiro atoms. The first-order valence-corrected chi connectivity index (χ1v) is 7.75. The quantitative estimate of drug-likeness (QED) is 0.878. The van der Waals surface area contributed by atoms with Crippen molar-refractivity contribution in [2.24, 2.45) is 0 Å². The lowest BCUT2D eigenvalue weighted by Crippen LogP contribution is -2.55. The first-order chi connectivity index (χ1) is 11.4. The molecule has 8 heteroatoms. The molecule has 24 heavy (non-hydrogen) atoms. The summed E-state index contributed by atoms with van der Waals surface area (Å²) in [4.78, 5) is 23.9. The van der Waals surface area contributed by atoms with Gasteiger partial charge in [-0.15, -0.1) is 0 Å². The number of benzene rings is 1. The summed E-state index contributed by atoms with van der Waals surface area (Å²) in [6, 6.07) is 8.67. The highest BCUT2D eigenvalue weighted by Crippen LogP contribution is 2.21. The molecule has 1 aromatic heterocycles. The Hall–Kier alpha value is -2.38. The van der Waals surface area contributed by atoms with E-state index in [0.29, 0.717) is 11.6 Å². The predicted octanol–water partition coefficient (Wildman–Crippen LogP) is 1.81. The molecule has 3 rings (SSSR count). The molecule has 0 radical (unpaired) electrons. The van der Waals surface area contributed by atoms with Crippen molar-refractivity contribution >= 4 is 23.5 Å². The number of nitrogens with one attached hydrogen (secondary N) is 1. The smallest absolute Gasteiger partial charge is 0.331 e. The van der Waals surface area contributed by atoms with Crippen LogP contribution >= 0.6 is 11.6 Å². The molecule has 2 aromatic rings. The first-order valence-electron chi connectivity index (χ1n) is 7.37. The number of aryl methyl sites for hydroxylation is 1. The minimum absolute atomic E-state index is 0.0535. The standard InChI is InChI=1S/C16H16ClN3O4/c1-10-7-13(19-20(10)12-4-2-3-11(17)8-12)14(21)18-16(15(22)23)5-6-24-9-16/h2-4,7-8H,5-6,9H2,1H3,(H,18,21)(H,22,23). The highest BCUT2D eigenvalue weighted by molar-refractivity contribution is 6.30. The van der Waals surface area contributed by atoms with E-state index in [9.17, 15) is 14.7 Å². The summed E-state index contributed by atoms with van der Waals surface area (Å²) < 4.78 is 6.72. The number of carboxylic acid groups (broad SMARTS) is 1. The van der Waals surface area contributed by atoms with Gasteiger partial charge in [0.05, 0.1) is 12.3 Å². The van der Waals surface area contributed by atoms with Crippen LogP contribution in [0.25, 0.3) is 5.69 Å². The van der Waals surface area contributed by atoms with Crippen molar-refractivity contribution in [3.63, 3.8) is 0 Å². The molecule has 1 amide bonds. The van der Waals surface area contributed by atoms with Crippen molar-refractivity contribution in [2.45, 2.75) is 18.9 Å². The summed E-state index contributed by atoms with van der Waals surface area (Å²) in [5.74, 6) is -1.66. The van der Waals surface area contributed by atoms with Gasteiger partial charge in [-0.1, -0.05) is 17.7 Å². The summed E-state index contributed by atoms with van der Waals surface area (Å²) in [6.45, 7) is 2.04. The van der Waals surface area contributed by atoms with E-state index in [2.05, 4.69) is 10.4 Å². The maximum atomic E-state index is 12.4. The van der Waals surface area contributed by atoms with Gasteiger partial charge in [0, 0.05) is 23.7 Å². The lowest BCUT2D eigenvalue weighted by atomic mass is 9.99. The lowest BCUT2D eigenvalue weighted by Gasteiger charge is -2.22. The molecule has 1 aromatic carbocycles. The maximum Gasteiger partial charge on any atom is 0.331 e. The van der Waals surface area contributed by atoms with Crippen LogP contribution in [0.2, 0.25) is 5.02 Å². The van der Waals surface area contributed by atoms with Crippen LogP contribution in [0.5, 0.6) is 0 Å². The second-order valence-electron chi connectivity index (χ2n) is 5.71. The third kappa shape index (κ3) is 3.00. The van der Waals surface area contributed by atoms with Crippen LogP contribution in [-0.2, 0) is 9.53 Å². The molecule has 7 nitrogen and oxygen atoms in total. The Morgan fingerprint density at radius 2 is 2.21 bits per heavy atom. The number of carbonyl (C=O) groups excluding carboxylic acids is 1. The molecular formula is C16H16ClN3O4. The van der Waals surface area contributed by atoms with Crippen LogP contribution in [0, 0.1) is 6.92 Å². The van der Waals surface area contributed by atoms with E-state index in [0.717, 1.165) is 11.4 Å². The number of halogens is 1. The van der Waals surface area contributed by atoms with Crippen molar-refractivity contribution in [2.75, 3.05) is 13.2 Å². The van der Waals surface area contributed by atoms with Crippen LogP contribution in [0.1, 0.15) is 22.6 Å². The Bertz CT molecular complexity index is 796. The molecule has 0 bridgehead atoms. The van der Waals surface area contributed by atoms with Gasteiger partial charge in [-0.25, -0.2) is 9.48 Å². The molecule has 1 atom stereocenters. The summed E-state index contributed by atoms with van der Waals surface area (Å²) >= 11 is 5.98. The van der Waals surface area contributed by atoms with E-state index in [1.807, 2.05) is 6.07 Å². The van der Waals surface area contributed by atoms with Gasteiger partial charge in [0.1, 0.15) is 0 Å². The summed E-state index contributed by atoms with van der Waals surface area (Å²) in [7, 11) is 0. The molecule has 1 unspecified atom stereocenters. The van der Waals surface area contributed by atoms with Crippen molar-refractivity contribution in [3.05, 3.63) is 46.7 Å². The number of amides is 1. The highest BCUT2D eigenvalue weighted by Gasteiger charge is 2.44. The van der Waals surface area contributed by atoms with Crippen molar-refractivity contribution < 1.29 is 19.4 Å². The predicted molar refractivity (Wildman–Crippen MR) is 86.6 cm³/mol. The van der Waals surface area contributed by atoms with Crippen LogP contribution < -0.4 is 5.32 Å². The fraction of sp³-hybridized carbons (Fsp3) is 0.312. The normalized spacial score (nSPS) is 20.1. The van der Waals surface area contributed by atoms with E-state index in [4.69, 9.17) is 16.3 Å². The molecular weight excluding hydrogens is 334 g/mol. The van der Waals surface area contributed by atoms with E-state index in [1.54, 1.807) is 35.9 Å². The third-order valence-electron chi connectivity index (χ3n) is 3.96. The van der Waals surface area contributed by atoms with Gasteiger partial charge in [0.15, 0.2) is 11.2 Å². The van der Waals surface area contributed by atoms with Crippen LogP contribution in [-0.4, -0.2) is 45.5 Å². The van der Waals surface area contributed by atoms with Gasteiger partial charge in [-0.05, 0) is 31.2 Å². The molecule has 126 valence electrons. The molecule has 2 heterocycles. The molecule has 2 N–H and O–H groups in total. The molecule has 1 saturated heterocycles. The van der Waals surface area contributed by atoms with Gasteiger partial charge in [-0.3, -0.25) is 4.79 Å². The van der Waals surface area contributed by atoms with Gasteiger partial charge in [-0.2, -0.15) is 5.10 Å².